The molecule has 0 aromatic rings. The Balaban J connectivity index is 3.22. The monoisotopic (exact) mass is 218 g/mol. The van der Waals surface area contributed by atoms with Crippen molar-refractivity contribution in [3.63, 3.8) is 0 Å². The first kappa shape index (κ1) is 9.66. The molecule has 0 saturated heterocycles. The molecule has 56 valence electrons. The van der Waals surface area contributed by atoms with E-state index in [9.17, 15) is 4.39 Å². The van der Waals surface area contributed by atoms with E-state index in [2.05, 4.69) is 15.9 Å². The van der Waals surface area contributed by atoms with Crippen molar-refractivity contribution in [1.82, 2.24) is 0 Å². The molecule has 0 spiro atoms. The van der Waals surface area contributed by atoms with Crippen molar-refractivity contribution in [2.24, 2.45) is 0 Å². The van der Waals surface area contributed by atoms with Gasteiger partial charge in [-0.15, -0.1) is 11.6 Å². The summed E-state index contributed by atoms with van der Waals surface area (Å²) >= 11 is 8.28. The second kappa shape index (κ2) is 5.45. The summed E-state index contributed by atoms with van der Waals surface area (Å²) in [6.07, 6.45) is -0.216. The van der Waals surface area contributed by atoms with Gasteiger partial charge in [0, 0.05) is 10.7 Å². The van der Waals surface area contributed by atoms with Crippen LogP contribution in [0.25, 0.3) is 0 Å². The highest BCUT2D eigenvalue weighted by Crippen LogP contribution is 2.09. The summed E-state index contributed by atoms with van der Waals surface area (Å²) in [4.78, 5) is -0.258. The molecule has 0 radical (unpaired) electrons. The molecule has 0 aliphatic heterocycles. The van der Waals surface area contributed by atoms with E-state index in [1.807, 2.05) is 0 Å². The van der Waals surface area contributed by atoms with Gasteiger partial charge in [-0.3, -0.25) is 0 Å². The zero-order valence-electron chi connectivity index (χ0n) is 4.86. The van der Waals surface area contributed by atoms with E-state index >= 15 is 0 Å². The Bertz CT molecular complexity index is 66.0. The summed E-state index contributed by atoms with van der Waals surface area (Å²) in [6, 6.07) is 0. The molecule has 0 saturated carbocycles. The first-order valence-corrected chi connectivity index (χ1v) is 4.09. The minimum Gasteiger partial charge on any atom is -0.392 e. The minimum absolute atomic E-state index is 0.169. The quantitative estimate of drug-likeness (QED) is 0.714. The summed E-state index contributed by atoms with van der Waals surface area (Å²) in [5, 5.41) is 8.83. The van der Waals surface area contributed by atoms with E-state index < -0.39 is 12.8 Å². The van der Waals surface area contributed by atoms with Gasteiger partial charge < -0.3 is 5.11 Å². The van der Waals surface area contributed by atoms with Crippen molar-refractivity contribution in [3.05, 3.63) is 0 Å². The van der Waals surface area contributed by atoms with Crippen LogP contribution in [0.1, 0.15) is 6.42 Å². The van der Waals surface area contributed by atoms with Gasteiger partial charge in [-0.05, 0) is 6.42 Å². The second-order valence-electron chi connectivity index (χ2n) is 1.80. The highest BCUT2D eigenvalue weighted by Gasteiger charge is 2.09. The number of halogens is 3. The van der Waals surface area contributed by atoms with E-state index in [0.29, 0.717) is 6.42 Å². The molecule has 0 heterocycles. The molecular formula is C5H9BrClFO. The van der Waals surface area contributed by atoms with Crippen LogP contribution in [-0.4, -0.2) is 28.6 Å². The zero-order valence-corrected chi connectivity index (χ0v) is 7.20. The van der Waals surface area contributed by atoms with Crippen LogP contribution < -0.4 is 0 Å². The van der Waals surface area contributed by atoms with Gasteiger partial charge >= 0.3 is 0 Å². The maximum atomic E-state index is 11.7. The molecule has 9 heavy (non-hydrogen) atoms. The lowest BCUT2D eigenvalue weighted by molar-refractivity contribution is 0.183. The van der Waals surface area contributed by atoms with Crippen LogP contribution in [0.3, 0.4) is 0 Å². The number of rotatable bonds is 4. The first-order valence-electron chi connectivity index (χ1n) is 2.64. The van der Waals surface area contributed by atoms with E-state index in [0.717, 1.165) is 0 Å². The third-order valence-corrected chi connectivity index (χ3v) is 1.85. The van der Waals surface area contributed by atoms with E-state index in [-0.39, 0.29) is 10.7 Å². The Hall–Kier alpha value is 0.660. The topological polar surface area (TPSA) is 20.2 Å². The van der Waals surface area contributed by atoms with Gasteiger partial charge in [-0.25, -0.2) is 4.39 Å². The fourth-order valence-electron chi connectivity index (χ4n) is 0.421. The van der Waals surface area contributed by atoms with Gasteiger partial charge in [0.15, 0.2) is 0 Å². The van der Waals surface area contributed by atoms with Crippen LogP contribution in [0.15, 0.2) is 0 Å². The summed E-state index contributed by atoms with van der Waals surface area (Å²) in [5.74, 6) is 0.169. The number of alkyl halides is 3. The van der Waals surface area contributed by atoms with Crippen LogP contribution in [0, 0.1) is 0 Å². The number of aliphatic hydroxyl groups excluding tert-OH is 1. The SMILES string of the molecule is OC(CCl)CC(Br)CF. The molecule has 0 amide bonds. The third kappa shape index (κ3) is 5.12. The van der Waals surface area contributed by atoms with Crippen LogP contribution in [0.5, 0.6) is 0 Å². The first-order chi connectivity index (χ1) is 4.20. The normalized spacial score (nSPS) is 17.3. The molecule has 2 atom stereocenters. The molecule has 0 bridgehead atoms. The van der Waals surface area contributed by atoms with Crippen molar-refractivity contribution in [1.29, 1.82) is 0 Å². The highest BCUT2D eigenvalue weighted by atomic mass is 79.9. The number of aliphatic hydroxyl groups is 1. The van der Waals surface area contributed by atoms with Crippen molar-refractivity contribution < 1.29 is 9.50 Å². The molecule has 0 aromatic carbocycles. The fraction of sp³-hybridized carbons (Fsp3) is 1.00. The second-order valence-corrected chi connectivity index (χ2v) is 3.40. The zero-order chi connectivity index (χ0) is 7.28. The largest absolute Gasteiger partial charge is 0.392 e. The van der Waals surface area contributed by atoms with Gasteiger partial charge in [0.05, 0.1) is 6.10 Å². The highest BCUT2D eigenvalue weighted by molar-refractivity contribution is 9.09. The molecule has 0 fully saturated rings. The van der Waals surface area contributed by atoms with Crippen molar-refractivity contribution in [2.45, 2.75) is 17.4 Å². The Morgan fingerprint density at radius 1 is 1.67 bits per heavy atom. The molecule has 1 N–H and O–H groups in total. The Morgan fingerprint density at radius 3 is 2.56 bits per heavy atom. The van der Waals surface area contributed by atoms with Crippen molar-refractivity contribution in [3.8, 4) is 0 Å². The van der Waals surface area contributed by atoms with Gasteiger partial charge in [0.1, 0.15) is 6.67 Å². The van der Waals surface area contributed by atoms with Gasteiger partial charge in [-0.2, -0.15) is 0 Å². The summed E-state index contributed by atoms with van der Waals surface area (Å²) in [5.41, 5.74) is 0. The van der Waals surface area contributed by atoms with Gasteiger partial charge in [-0.1, -0.05) is 15.9 Å². The van der Waals surface area contributed by atoms with Gasteiger partial charge in [0.25, 0.3) is 0 Å². The smallest absolute Gasteiger partial charge is 0.102 e. The standard InChI is InChI=1S/C5H9BrClFO/c6-4(3-8)1-5(9)2-7/h4-5,9H,1-3H2. The maximum Gasteiger partial charge on any atom is 0.102 e. The maximum absolute atomic E-state index is 11.7. The van der Waals surface area contributed by atoms with Crippen LogP contribution >= 0.6 is 27.5 Å². The lowest BCUT2D eigenvalue weighted by Crippen LogP contribution is -2.15. The minimum atomic E-state index is -0.591. The average Bonchev–Trinajstić information content (AvgIpc) is 1.87. The summed E-state index contributed by atoms with van der Waals surface area (Å²) in [7, 11) is 0. The molecular weight excluding hydrogens is 210 g/mol. The van der Waals surface area contributed by atoms with Crippen LogP contribution in [-0.2, 0) is 0 Å². The van der Waals surface area contributed by atoms with Crippen LogP contribution in [0.2, 0.25) is 0 Å². The molecule has 1 nitrogen and oxygen atoms in total. The summed E-state index contributed by atoms with van der Waals surface area (Å²) < 4.78 is 11.7. The Morgan fingerprint density at radius 2 is 2.22 bits per heavy atom. The third-order valence-electron chi connectivity index (χ3n) is 0.873. The lowest BCUT2D eigenvalue weighted by atomic mass is 10.2. The molecule has 0 aliphatic rings. The average molecular weight is 219 g/mol. The Kier molecular flexibility index (Phi) is 5.84. The predicted octanol–water partition coefficient (Wildman–Crippen LogP) is 1.71. The molecule has 0 rings (SSSR count). The molecule has 2 unspecified atom stereocenters. The summed E-state index contributed by atoms with van der Waals surface area (Å²) in [6.45, 7) is -0.464. The molecule has 4 heteroatoms. The molecule has 0 aromatic heterocycles. The van der Waals surface area contributed by atoms with Gasteiger partial charge in [0.2, 0.25) is 0 Å². The lowest BCUT2D eigenvalue weighted by Gasteiger charge is -2.08. The van der Waals surface area contributed by atoms with Crippen LogP contribution in [0.4, 0.5) is 4.39 Å². The molecule has 0 aliphatic carbocycles. The fourth-order valence-corrected chi connectivity index (χ4v) is 0.979. The van der Waals surface area contributed by atoms with E-state index in [4.69, 9.17) is 16.7 Å². The van der Waals surface area contributed by atoms with E-state index in [1.54, 1.807) is 0 Å². The van der Waals surface area contributed by atoms with Crippen molar-refractivity contribution in [2.75, 3.05) is 12.6 Å². The van der Waals surface area contributed by atoms with Crippen molar-refractivity contribution >= 4 is 27.5 Å². The van der Waals surface area contributed by atoms with E-state index in [1.165, 1.54) is 0 Å². The Labute approximate surface area is 67.3 Å². The number of hydrogen-bond donors (Lipinski definition) is 1. The predicted molar refractivity (Wildman–Crippen MR) is 40.0 cm³/mol. The number of hydrogen-bond acceptors (Lipinski definition) is 1.